The molecule has 0 aliphatic carbocycles. The number of rotatable bonds is 6. The highest BCUT2D eigenvalue weighted by Gasteiger charge is 2.10. The summed E-state index contributed by atoms with van der Waals surface area (Å²) < 4.78 is 0. The molecule has 11 heavy (non-hydrogen) atoms. The van der Waals surface area contributed by atoms with E-state index in [1.807, 2.05) is 11.8 Å². The van der Waals surface area contributed by atoms with Crippen LogP contribution in [0.4, 0.5) is 0 Å². The molecule has 0 aromatic heterocycles. The first-order chi connectivity index (χ1) is 5.22. The van der Waals surface area contributed by atoms with Gasteiger partial charge < -0.3 is 5.73 Å². The summed E-state index contributed by atoms with van der Waals surface area (Å²) in [5, 5.41) is 0.835. The number of hydrogen-bond donors (Lipinski definition) is 1. The Morgan fingerprint density at radius 1 is 1.27 bits per heavy atom. The highest BCUT2D eigenvalue weighted by Crippen LogP contribution is 2.21. The van der Waals surface area contributed by atoms with Crippen molar-refractivity contribution in [2.75, 3.05) is 12.8 Å². The lowest BCUT2D eigenvalue weighted by Gasteiger charge is -2.17. The van der Waals surface area contributed by atoms with Crippen molar-refractivity contribution in [3.8, 4) is 0 Å². The van der Waals surface area contributed by atoms with Crippen LogP contribution in [-0.2, 0) is 0 Å². The van der Waals surface area contributed by atoms with Crippen LogP contribution in [0.3, 0.4) is 0 Å². The fourth-order valence-corrected chi connectivity index (χ4v) is 2.16. The second kappa shape index (κ2) is 6.99. The zero-order chi connectivity index (χ0) is 8.69. The highest BCUT2D eigenvalue weighted by molar-refractivity contribution is 7.99. The molecule has 1 nitrogen and oxygen atoms in total. The van der Waals surface area contributed by atoms with E-state index < -0.39 is 0 Å². The van der Waals surface area contributed by atoms with Gasteiger partial charge in [0.15, 0.2) is 0 Å². The monoisotopic (exact) mass is 175 g/mol. The molecule has 0 saturated heterocycles. The van der Waals surface area contributed by atoms with Gasteiger partial charge in [-0.05, 0) is 31.6 Å². The molecule has 0 aromatic carbocycles. The second-order valence-corrected chi connectivity index (χ2v) is 4.38. The summed E-state index contributed by atoms with van der Waals surface area (Å²) in [6.07, 6.45) is 6.01. The van der Waals surface area contributed by atoms with Crippen LogP contribution in [0, 0.1) is 5.92 Å². The maximum absolute atomic E-state index is 5.43. The van der Waals surface area contributed by atoms with E-state index >= 15 is 0 Å². The molecule has 0 saturated carbocycles. The maximum atomic E-state index is 5.43. The van der Waals surface area contributed by atoms with E-state index in [4.69, 9.17) is 5.73 Å². The molecule has 68 valence electrons. The SMILES string of the molecule is CSC(CCCCN)C(C)C. The van der Waals surface area contributed by atoms with Gasteiger partial charge in [-0.2, -0.15) is 11.8 Å². The van der Waals surface area contributed by atoms with E-state index in [-0.39, 0.29) is 0 Å². The standard InChI is InChI=1S/C9H21NS/c1-8(2)9(11-3)6-4-5-7-10/h8-9H,4-7,10H2,1-3H3. The van der Waals surface area contributed by atoms with Gasteiger partial charge in [0.2, 0.25) is 0 Å². The zero-order valence-corrected chi connectivity index (χ0v) is 8.79. The minimum absolute atomic E-state index is 0.808. The Balaban J connectivity index is 3.36. The molecule has 0 aliphatic heterocycles. The minimum Gasteiger partial charge on any atom is -0.330 e. The van der Waals surface area contributed by atoms with Crippen molar-refractivity contribution >= 4 is 11.8 Å². The van der Waals surface area contributed by atoms with E-state index in [1.54, 1.807) is 0 Å². The Morgan fingerprint density at radius 2 is 1.91 bits per heavy atom. The van der Waals surface area contributed by atoms with Crippen molar-refractivity contribution in [2.24, 2.45) is 11.7 Å². The number of nitrogens with two attached hydrogens (primary N) is 1. The van der Waals surface area contributed by atoms with Crippen molar-refractivity contribution in [1.29, 1.82) is 0 Å². The second-order valence-electron chi connectivity index (χ2n) is 3.30. The van der Waals surface area contributed by atoms with Gasteiger partial charge in [0, 0.05) is 5.25 Å². The molecular weight excluding hydrogens is 154 g/mol. The first-order valence-corrected chi connectivity index (χ1v) is 5.74. The predicted molar refractivity (Wildman–Crippen MR) is 55.0 cm³/mol. The average molecular weight is 175 g/mol. The van der Waals surface area contributed by atoms with Crippen LogP contribution < -0.4 is 5.73 Å². The molecule has 0 spiro atoms. The number of unbranched alkanes of at least 4 members (excludes halogenated alkanes) is 1. The maximum Gasteiger partial charge on any atom is 0.00672 e. The molecule has 1 unspecified atom stereocenters. The third-order valence-corrected chi connectivity index (χ3v) is 3.37. The van der Waals surface area contributed by atoms with Crippen molar-refractivity contribution in [1.82, 2.24) is 0 Å². The van der Waals surface area contributed by atoms with Gasteiger partial charge in [0.05, 0.1) is 0 Å². The van der Waals surface area contributed by atoms with Crippen molar-refractivity contribution in [3.05, 3.63) is 0 Å². The van der Waals surface area contributed by atoms with E-state index in [1.165, 1.54) is 19.3 Å². The van der Waals surface area contributed by atoms with Gasteiger partial charge in [-0.1, -0.05) is 20.3 Å². The molecule has 0 bridgehead atoms. The molecule has 2 heteroatoms. The highest BCUT2D eigenvalue weighted by atomic mass is 32.2. The third kappa shape index (κ3) is 5.57. The van der Waals surface area contributed by atoms with Crippen LogP contribution in [0.25, 0.3) is 0 Å². The van der Waals surface area contributed by atoms with Gasteiger partial charge in [-0.15, -0.1) is 0 Å². The minimum atomic E-state index is 0.808. The predicted octanol–water partition coefficient (Wildman–Crippen LogP) is 2.50. The van der Waals surface area contributed by atoms with Crippen LogP contribution in [0.5, 0.6) is 0 Å². The Kier molecular flexibility index (Phi) is 7.18. The van der Waals surface area contributed by atoms with Crippen molar-refractivity contribution < 1.29 is 0 Å². The van der Waals surface area contributed by atoms with Crippen molar-refractivity contribution in [2.45, 2.75) is 38.4 Å². The fraction of sp³-hybridized carbons (Fsp3) is 1.00. The number of hydrogen-bond acceptors (Lipinski definition) is 2. The summed E-state index contributed by atoms with van der Waals surface area (Å²) in [6.45, 7) is 5.44. The van der Waals surface area contributed by atoms with E-state index in [9.17, 15) is 0 Å². The smallest absolute Gasteiger partial charge is 0.00672 e. The zero-order valence-electron chi connectivity index (χ0n) is 7.97. The molecule has 0 amide bonds. The van der Waals surface area contributed by atoms with Crippen LogP contribution in [0.2, 0.25) is 0 Å². The molecule has 0 aromatic rings. The Morgan fingerprint density at radius 3 is 2.27 bits per heavy atom. The average Bonchev–Trinajstić information content (AvgIpc) is 1.97. The van der Waals surface area contributed by atoms with Crippen LogP contribution in [0.15, 0.2) is 0 Å². The lowest BCUT2D eigenvalue weighted by atomic mass is 10.0. The van der Waals surface area contributed by atoms with E-state index in [0.29, 0.717) is 0 Å². The molecule has 0 radical (unpaired) electrons. The van der Waals surface area contributed by atoms with Crippen molar-refractivity contribution in [3.63, 3.8) is 0 Å². The number of thioether (sulfide) groups is 1. The summed E-state index contributed by atoms with van der Waals surface area (Å²) in [5.74, 6) is 0.808. The Labute approximate surface area is 75.1 Å². The lowest BCUT2D eigenvalue weighted by molar-refractivity contribution is 0.546. The molecule has 0 heterocycles. The molecule has 0 aliphatic rings. The summed E-state index contributed by atoms with van der Waals surface area (Å²) in [4.78, 5) is 0. The summed E-state index contributed by atoms with van der Waals surface area (Å²) in [7, 11) is 0. The quantitative estimate of drug-likeness (QED) is 0.628. The first-order valence-electron chi connectivity index (χ1n) is 4.45. The molecule has 1 atom stereocenters. The molecule has 2 N–H and O–H groups in total. The Bertz CT molecular complexity index is 83.6. The Hall–Kier alpha value is 0.310. The van der Waals surface area contributed by atoms with Gasteiger partial charge in [0.25, 0.3) is 0 Å². The van der Waals surface area contributed by atoms with Gasteiger partial charge >= 0.3 is 0 Å². The van der Waals surface area contributed by atoms with Gasteiger partial charge in [-0.3, -0.25) is 0 Å². The topological polar surface area (TPSA) is 26.0 Å². The molecule has 0 fully saturated rings. The van der Waals surface area contributed by atoms with E-state index in [0.717, 1.165) is 17.7 Å². The normalized spacial score (nSPS) is 13.9. The summed E-state index contributed by atoms with van der Waals surface area (Å²) >= 11 is 1.99. The third-order valence-electron chi connectivity index (χ3n) is 1.99. The van der Waals surface area contributed by atoms with Crippen LogP contribution in [0.1, 0.15) is 33.1 Å². The summed E-state index contributed by atoms with van der Waals surface area (Å²) in [6, 6.07) is 0. The van der Waals surface area contributed by atoms with Gasteiger partial charge in [-0.25, -0.2) is 0 Å². The summed E-state index contributed by atoms with van der Waals surface area (Å²) in [5.41, 5.74) is 5.43. The largest absolute Gasteiger partial charge is 0.330 e. The molecule has 0 rings (SSSR count). The fourth-order valence-electron chi connectivity index (χ4n) is 1.21. The van der Waals surface area contributed by atoms with Crippen LogP contribution in [-0.4, -0.2) is 18.1 Å². The molecular formula is C9H21NS. The first kappa shape index (κ1) is 11.3. The van der Waals surface area contributed by atoms with Gasteiger partial charge in [0.1, 0.15) is 0 Å². The van der Waals surface area contributed by atoms with E-state index in [2.05, 4.69) is 20.1 Å². The van der Waals surface area contributed by atoms with Crippen LogP contribution >= 0.6 is 11.8 Å². The lowest BCUT2D eigenvalue weighted by Crippen LogP contribution is -2.11.